The Morgan fingerprint density at radius 1 is 0.733 bits per heavy atom. The van der Waals surface area contributed by atoms with Crippen molar-refractivity contribution >= 4 is 17.5 Å². The van der Waals surface area contributed by atoms with Gasteiger partial charge < -0.3 is 9.47 Å². The largest absolute Gasteiger partial charge is 0.465 e. The number of carbonyl (C=O) groups is 2. The van der Waals surface area contributed by atoms with Crippen LogP contribution in [0.4, 0.5) is 0 Å². The van der Waals surface area contributed by atoms with E-state index in [1.807, 2.05) is 62.4 Å². The van der Waals surface area contributed by atoms with E-state index in [1.54, 1.807) is 12.1 Å². The minimum absolute atomic E-state index is 0.222. The number of hydrogen-bond acceptors (Lipinski definition) is 4. The zero-order chi connectivity index (χ0) is 21.8. The Kier molecular flexibility index (Phi) is 6.17. The van der Waals surface area contributed by atoms with E-state index in [0.717, 1.165) is 22.3 Å². The predicted octanol–water partition coefficient (Wildman–Crippen LogP) is 5.61. The van der Waals surface area contributed by atoms with Gasteiger partial charge in [0.1, 0.15) is 0 Å². The Morgan fingerprint density at radius 3 is 1.53 bits per heavy atom. The summed E-state index contributed by atoms with van der Waals surface area (Å²) in [7, 11) is 2.67. The highest BCUT2D eigenvalue weighted by Gasteiger charge is 2.23. The molecule has 0 radical (unpaired) electrons. The zero-order valence-corrected chi connectivity index (χ0v) is 17.6. The zero-order valence-electron chi connectivity index (χ0n) is 17.6. The van der Waals surface area contributed by atoms with E-state index in [1.165, 1.54) is 14.2 Å². The average molecular weight is 400 g/mol. The van der Waals surface area contributed by atoms with E-state index in [2.05, 4.69) is 6.58 Å². The van der Waals surface area contributed by atoms with E-state index in [9.17, 15) is 9.59 Å². The summed E-state index contributed by atoms with van der Waals surface area (Å²) in [6.07, 6.45) is 0. The first-order valence-electron chi connectivity index (χ1n) is 9.53. The average Bonchev–Trinajstić information content (AvgIpc) is 2.77. The van der Waals surface area contributed by atoms with Gasteiger partial charge in [0.2, 0.25) is 0 Å². The highest BCUT2D eigenvalue weighted by molar-refractivity contribution is 6.20. The van der Waals surface area contributed by atoms with Gasteiger partial charge in [-0.05, 0) is 48.2 Å². The molecule has 0 spiro atoms. The minimum atomic E-state index is -0.525. The van der Waals surface area contributed by atoms with Crippen molar-refractivity contribution in [1.82, 2.24) is 0 Å². The lowest BCUT2D eigenvalue weighted by molar-refractivity contribution is -0.133. The van der Waals surface area contributed by atoms with Crippen molar-refractivity contribution < 1.29 is 19.1 Å². The number of ether oxygens (including phenoxy) is 2. The Morgan fingerprint density at radius 2 is 1.17 bits per heavy atom. The maximum Gasteiger partial charge on any atom is 0.337 e. The van der Waals surface area contributed by atoms with Crippen LogP contribution in [0.3, 0.4) is 0 Å². The Labute approximate surface area is 176 Å². The summed E-state index contributed by atoms with van der Waals surface area (Å²) in [6.45, 7) is 8.01. The number of methoxy groups -OCH3 is 2. The summed E-state index contributed by atoms with van der Waals surface area (Å²) in [5, 5.41) is 0. The second kappa shape index (κ2) is 8.78. The van der Waals surface area contributed by atoms with Crippen LogP contribution in [0.1, 0.15) is 27.0 Å². The highest BCUT2D eigenvalue weighted by Crippen LogP contribution is 2.38. The molecule has 4 nitrogen and oxygen atoms in total. The van der Waals surface area contributed by atoms with E-state index >= 15 is 0 Å². The molecule has 0 unspecified atom stereocenters. The highest BCUT2D eigenvalue weighted by atomic mass is 16.5. The third kappa shape index (κ3) is 4.18. The van der Waals surface area contributed by atoms with Gasteiger partial charge in [0, 0.05) is 5.56 Å². The van der Waals surface area contributed by atoms with Crippen LogP contribution in [-0.4, -0.2) is 26.2 Å². The summed E-state index contributed by atoms with van der Waals surface area (Å²) in [4.78, 5) is 24.9. The van der Waals surface area contributed by atoms with Gasteiger partial charge in [-0.3, -0.25) is 0 Å². The predicted molar refractivity (Wildman–Crippen MR) is 119 cm³/mol. The molecule has 0 saturated heterocycles. The van der Waals surface area contributed by atoms with Gasteiger partial charge in [-0.25, -0.2) is 9.59 Å². The fourth-order valence-electron chi connectivity index (χ4n) is 3.35. The molecular weight excluding hydrogens is 376 g/mol. The first-order valence-corrected chi connectivity index (χ1v) is 9.53. The van der Waals surface area contributed by atoms with Gasteiger partial charge in [0.25, 0.3) is 0 Å². The number of rotatable bonds is 5. The molecule has 3 rings (SSSR count). The molecule has 0 N–H and O–H groups in total. The van der Waals surface area contributed by atoms with Gasteiger partial charge >= 0.3 is 11.9 Å². The molecular formula is C26H24O4. The molecule has 0 heterocycles. The van der Waals surface area contributed by atoms with Crippen LogP contribution in [0.2, 0.25) is 0 Å². The van der Waals surface area contributed by atoms with E-state index in [4.69, 9.17) is 9.47 Å². The van der Waals surface area contributed by atoms with Crippen LogP contribution in [0.5, 0.6) is 0 Å². The van der Waals surface area contributed by atoms with Crippen molar-refractivity contribution in [2.45, 2.75) is 13.8 Å². The smallest absolute Gasteiger partial charge is 0.337 e. The molecule has 152 valence electrons. The molecule has 0 aliphatic heterocycles. The molecule has 0 bridgehead atoms. The summed E-state index contributed by atoms with van der Waals surface area (Å²) in [6, 6.07) is 19.2. The van der Waals surface area contributed by atoms with Crippen LogP contribution in [0.15, 0.2) is 67.2 Å². The van der Waals surface area contributed by atoms with Crippen LogP contribution < -0.4 is 0 Å². The van der Waals surface area contributed by atoms with Crippen LogP contribution in [-0.2, 0) is 14.3 Å². The monoisotopic (exact) mass is 400 g/mol. The second-order valence-electron chi connectivity index (χ2n) is 7.14. The van der Waals surface area contributed by atoms with Crippen molar-refractivity contribution in [3.05, 3.63) is 89.5 Å². The number of hydrogen-bond donors (Lipinski definition) is 0. The third-order valence-electron chi connectivity index (χ3n) is 5.02. The molecule has 0 saturated carbocycles. The van der Waals surface area contributed by atoms with Gasteiger partial charge in [0.15, 0.2) is 0 Å². The molecule has 30 heavy (non-hydrogen) atoms. The van der Waals surface area contributed by atoms with Crippen molar-refractivity contribution in [3.8, 4) is 22.3 Å². The number of benzene rings is 3. The molecule has 0 amide bonds. The molecule has 0 fully saturated rings. The molecule has 0 aliphatic carbocycles. The van der Waals surface area contributed by atoms with E-state index < -0.39 is 11.9 Å². The standard InChI is InChI=1S/C26H24O4/c1-16-6-10-19(11-7-16)22-14-21(26(28)30-5)15-23(20-12-8-17(2)9-13-20)24(22)18(3)25(27)29-4/h6-15H,3H2,1-2,4-5H3. The van der Waals surface area contributed by atoms with Crippen LogP contribution in [0, 0.1) is 13.8 Å². The maximum absolute atomic E-state index is 12.4. The molecule has 3 aromatic carbocycles. The Bertz CT molecular complexity index is 1040. The topological polar surface area (TPSA) is 52.6 Å². The fraction of sp³-hybridized carbons (Fsp3) is 0.154. The van der Waals surface area contributed by atoms with Crippen molar-refractivity contribution in [3.63, 3.8) is 0 Å². The van der Waals surface area contributed by atoms with Gasteiger partial charge in [-0.15, -0.1) is 0 Å². The van der Waals surface area contributed by atoms with E-state index in [0.29, 0.717) is 22.3 Å². The van der Waals surface area contributed by atoms with Gasteiger partial charge in [-0.1, -0.05) is 66.2 Å². The lowest BCUT2D eigenvalue weighted by Crippen LogP contribution is -2.08. The van der Waals surface area contributed by atoms with Crippen molar-refractivity contribution in [2.75, 3.05) is 14.2 Å². The fourth-order valence-corrected chi connectivity index (χ4v) is 3.35. The minimum Gasteiger partial charge on any atom is -0.465 e. The molecule has 3 aromatic rings. The van der Waals surface area contributed by atoms with Crippen LogP contribution >= 0.6 is 0 Å². The summed E-state index contributed by atoms with van der Waals surface area (Å²) in [5.74, 6) is -0.977. The lowest BCUT2D eigenvalue weighted by Gasteiger charge is -2.18. The third-order valence-corrected chi connectivity index (χ3v) is 5.02. The Hall–Kier alpha value is -3.66. The first-order chi connectivity index (χ1) is 14.3. The SMILES string of the molecule is C=C(C(=O)OC)c1c(-c2ccc(C)cc2)cc(C(=O)OC)cc1-c1ccc(C)cc1. The molecule has 0 atom stereocenters. The summed E-state index contributed by atoms with van der Waals surface area (Å²) < 4.78 is 9.93. The van der Waals surface area contributed by atoms with Crippen molar-refractivity contribution in [1.29, 1.82) is 0 Å². The van der Waals surface area contributed by atoms with Crippen molar-refractivity contribution in [2.24, 2.45) is 0 Å². The van der Waals surface area contributed by atoms with Crippen LogP contribution in [0.25, 0.3) is 27.8 Å². The molecule has 0 aromatic heterocycles. The number of esters is 2. The second-order valence-corrected chi connectivity index (χ2v) is 7.14. The van der Waals surface area contributed by atoms with Gasteiger partial charge in [0.05, 0.1) is 25.4 Å². The summed E-state index contributed by atoms with van der Waals surface area (Å²) >= 11 is 0. The normalized spacial score (nSPS) is 10.4. The van der Waals surface area contributed by atoms with Gasteiger partial charge in [-0.2, -0.15) is 0 Å². The summed E-state index contributed by atoms with van der Waals surface area (Å²) in [5.41, 5.74) is 6.60. The number of aryl methyl sites for hydroxylation is 2. The lowest BCUT2D eigenvalue weighted by atomic mass is 9.86. The number of carbonyl (C=O) groups excluding carboxylic acids is 2. The Balaban J connectivity index is 2.40. The first kappa shape index (κ1) is 21.1. The van der Waals surface area contributed by atoms with E-state index in [-0.39, 0.29) is 5.57 Å². The molecule has 0 aliphatic rings. The molecule has 4 heteroatoms. The quantitative estimate of drug-likeness (QED) is 0.413. The maximum atomic E-state index is 12.4.